The van der Waals surface area contributed by atoms with Gasteiger partial charge in [0.1, 0.15) is 5.76 Å². The summed E-state index contributed by atoms with van der Waals surface area (Å²) in [4.78, 5) is 12.0. The lowest BCUT2D eigenvalue weighted by atomic mass is 10.2. The fourth-order valence-corrected chi connectivity index (χ4v) is 3.70. The molecule has 124 valence electrons. The van der Waals surface area contributed by atoms with E-state index in [0.29, 0.717) is 11.3 Å². The number of hydrogen-bond acceptors (Lipinski definition) is 7. The topological polar surface area (TPSA) is 114 Å². The molecule has 1 amide bonds. The number of aromatic nitrogens is 2. The highest BCUT2D eigenvalue weighted by atomic mass is 32.2. The first-order chi connectivity index (χ1) is 11.5. The number of anilines is 1. The molecular weight excluding hydrogens is 352 g/mol. The van der Waals surface area contributed by atoms with Crippen LogP contribution < -0.4 is 10.0 Å². The van der Waals surface area contributed by atoms with Crippen LogP contribution in [0.5, 0.6) is 0 Å². The molecule has 0 radical (unpaired) electrons. The summed E-state index contributed by atoms with van der Waals surface area (Å²) in [7, 11) is -3.83. The molecule has 0 unspecified atom stereocenters. The second-order valence-electron chi connectivity index (χ2n) is 4.60. The lowest BCUT2D eigenvalue weighted by molar-refractivity contribution is 0.102. The average molecular weight is 364 g/mol. The van der Waals surface area contributed by atoms with Crippen molar-refractivity contribution in [1.29, 1.82) is 0 Å². The van der Waals surface area contributed by atoms with Gasteiger partial charge in [-0.15, -0.1) is 10.2 Å². The van der Waals surface area contributed by atoms with Gasteiger partial charge in [-0.05, 0) is 24.3 Å². The van der Waals surface area contributed by atoms with Crippen LogP contribution in [0.1, 0.15) is 16.1 Å². The van der Waals surface area contributed by atoms with E-state index in [-0.39, 0.29) is 21.9 Å². The number of rotatable bonds is 6. The first-order valence-electron chi connectivity index (χ1n) is 6.76. The minimum Gasteiger partial charge on any atom is -0.468 e. The molecule has 2 N–H and O–H groups in total. The molecule has 3 rings (SSSR count). The van der Waals surface area contributed by atoms with Crippen molar-refractivity contribution in [3.63, 3.8) is 0 Å². The van der Waals surface area contributed by atoms with Crippen molar-refractivity contribution in [2.45, 2.75) is 10.9 Å². The fourth-order valence-electron chi connectivity index (χ4n) is 1.77. The molecule has 0 atom stereocenters. The zero-order valence-electron chi connectivity index (χ0n) is 12.2. The SMILES string of the molecule is O=C(Nc1nnc(S(=O)(=O)NCc2ccco2)s1)c1ccccc1. The largest absolute Gasteiger partial charge is 0.468 e. The highest BCUT2D eigenvalue weighted by Crippen LogP contribution is 2.20. The van der Waals surface area contributed by atoms with E-state index in [0.717, 1.165) is 11.3 Å². The van der Waals surface area contributed by atoms with Crippen molar-refractivity contribution in [3.05, 3.63) is 60.1 Å². The molecule has 0 aliphatic carbocycles. The molecule has 0 aliphatic rings. The molecule has 0 saturated carbocycles. The number of amides is 1. The smallest absolute Gasteiger partial charge is 0.270 e. The Bertz CT molecular complexity index is 921. The Kier molecular flexibility index (Phi) is 4.69. The predicted molar refractivity (Wildman–Crippen MR) is 87.0 cm³/mol. The van der Waals surface area contributed by atoms with E-state index in [4.69, 9.17) is 4.42 Å². The Balaban J connectivity index is 1.67. The molecule has 8 nitrogen and oxygen atoms in total. The summed E-state index contributed by atoms with van der Waals surface area (Å²) in [6.07, 6.45) is 1.45. The minimum atomic E-state index is -3.83. The third-order valence-electron chi connectivity index (χ3n) is 2.91. The minimum absolute atomic E-state index is 0.000616. The average Bonchev–Trinajstić information content (AvgIpc) is 3.26. The fraction of sp³-hybridized carbons (Fsp3) is 0.0714. The van der Waals surface area contributed by atoms with Crippen LogP contribution in [0.4, 0.5) is 5.13 Å². The molecule has 24 heavy (non-hydrogen) atoms. The summed E-state index contributed by atoms with van der Waals surface area (Å²) < 4.78 is 31.4. The summed E-state index contributed by atoms with van der Waals surface area (Å²) in [5.74, 6) is 0.0833. The van der Waals surface area contributed by atoms with Gasteiger partial charge in [-0.3, -0.25) is 10.1 Å². The van der Waals surface area contributed by atoms with E-state index in [1.54, 1.807) is 42.5 Å². The predicted octanol–water partition coefficient (Wildman–Crippen LogP) is 1.86. The molecule has 0 fully saturated rings. The zero-order chi connectivity index (χ0) is 17.0. The van der Waals surface area contributed by atoms with Gasteiger partial charge in [0, 0.05) is 5.56 Å². The molecule has 0 bridgehead atoms. The quantitative estimate of drug-likeness (QED) is 0.645. The first kappa shape index (κ1) is 16.3. The summed E-state index contributed by atoms with van der Waals surface area (Å²) in [6, 6.07) is 11.8. The van der Waals surface area contributed by atoms with E-state index < -0.39 is 10.0 Å². The maximum atomic E-state index is 12.1. The van der Waals surface area contributed by atoms with Crippen molar-refractivity contribution < 1.29 is 17.6 Å². The third kappa shape index (κ3) is 3.85. The van der Waals surface area contributed by atoms with Gasteiger partial charge >= 0.3 is 0 Å². The van der Waals surface area contributed by atoms with Crippen LogP contribution in [0.25, 0.3) is 0 Å². The molecule has 0 spiro atoms. The molecule has 3 aromatic rings. The Morgan fingerprint density at radius 3 is 2.62 bits per heavy atom. The van der Waals surface area contributed by atoms with Gasteiger partial charge in [0.15, 0.2) is 0 Å². The van der Waals surface area contributed by atoms with Gasteiger partial charge in [-0.25, -0.2) is 13.1 Å². The lowest BCUT2D eigenvalue weighted by Gasteiger charge is -2.01. The van der Waals surface area contributed by atoms with Crippen molar-refractivity contribution in [2.24, 2.45) is 0 Å². The van der Waals surface area contributed by atoms with Crippen LogP contribution in [-0.4, -0.2) is 24.5 Å². The lowest BCUT2D eigenvalue weighted by Crippen LogP contribution is -2.22. The van der Waals surface area contributed by atoms with Crippen LogP contribution in [0.2, 0.25) is 0 Å². The molecule has 2 heterocycles. The number of hydrogen-bond donors (Lipinski definition) is 2. The normalized spacial score (nSPS) is 11.3. The number of benzene rings is 1. The Labute approximate surface area is 141 Å². The Morgan fingerprint density at radius 1 is 1.12 bits per heavy atom. The van der Waals surface area contributed by atoms with E-state index >= 15 is 0 Å². The van der Waals surface area contributed by atoms with Gasteiger partial charge in [0.25, 0.3) is 15.9 Å². The Morgan fingerprint density at radius 2 is 1.92 bits per heavy atom. The number of carbonyl (C=O) groups excluding carboxylic acids is 1. The second kappa shape index (κ2) is 6.91. The van der Waals surface area contributed by atoms with E-state index in [1.165, 1.54) is 6.26 Å². The van der Waals surface area contributed by atoms with Gasteiger partial charge in [0.2, 0.25) is 9.47 Å². The molecule has 1 aromatic carbocycles. The van der Waals surface area contributed by atoms with Crippen molar-refractivity contribution in [2.75, 3.05) is 5.32 Å². The van der Waals surface area contributed by atoms with E-state index in [2.05, 4.69) is 20.2 Å². The van der Waals surface area contributed by atoms with Crippen LogP contribution in [-0.2, 0) is 16.6 Å². The van der Waals surface area contributed by atoms with Gasteiger partial charge in [-0.2, -0.15) is 0 Å². The summed E-state index contributed by atoms with van der Waals surface area (Å²) in [5, 5.41) is 9.91. The third-order valence-corrected chi connectivity index (χ3v) is 5.52. The van der Waals surface area contributed by atoms with E-state index in [1.807, 2.05) is 0 Å². The highest BCUT2D eigenvalue weighted by molar-refractivity contribution is 7.91. The summed E-state index contributed by atoms with van der Waals surface area (Å²) in [6.45, 7) is 0.000616. The summed E-state index contributed by atoms with van der Waals surface area (Å²) in [5.41, 5.74) is 0.438. The second-order valence-corrected chi connectivity index (χ2v) is 7.52. The first-order valence-corrected chi connectivity index (χ1v) is 9.06. The van der Waals surface area contributed by atoms with E-state index in [9.17, 15) is 13.2 Å². The van der Waals surface area contributed by atoms with Crippen LogP contribution >= 0.6 is 11.3 Å². The monoisotopic (exact) mass is 364 g/mol. The van der Waals surface area contributed by atoms with Gasteiger partial charge in [-0.1, -0.05) is 29.5 Å². The number of carbonyl (C=O) groups is 1. The van der Waals surface area contributed by atoms with Gasteiger partial charge in [0.05, 0.1) is 12.8 Å². The number of sulfonamides is 1. The molecule has 0 aliphatic heterocycles. The standard InChI is InChI=1S/C14H12N4O4S2/c19-12(10-5-2-1-3-6-10)16-13-17-18-14(23-13)24(20,21)15-9-11-7-4-8-22-11/h1-8,15H,9H2,(H,16,17,19). The molecule has 0 saturated heterocycles. The molecule has 10 heteroatoms. The molecule has 2 aromatic heterocycles. The maximum absolute atomic E-state index is 12.1. The zero-order valence-corrected chi connectivity index (χ0v) is 13.8. The highest BCUT2D eigenvalue weighted by Gasteiger charge is 2.21. The Hall–Kier alpha value is -2.56. The maximum Gasteiger partial charge on any atom is 0.270 e. The van der Waals surface area contributed by atoms with Gasteiger partial charge < -0.3 is 4.42 Å². The van der Waals surface area contributed by atoms with Crippen LogP contribution in [0.3, 0.4) is 0 Å². The molecular formula is C14H12N4O4S2. The van der Waals surface area contributed by atoms with Crippen LogP contribution in [0, 0.1) is 0 Å². The number of nitrogens with one attached hydrogen (secondary N) is 2. The van der Waals surface area contributed by atoms with Crippen molar-refractivity contribution >= 4 is 32.4 Å². The van der Waals surface area contributed by atoms with Crippen LogP contribution in [0.15, 0.2) is 57.5 Å². The van der Waals surface area contributed by atoms with Crippen molar-refractivity contribution in [3.8, 4) is 0 Å². The summed E-state index contributed by atoms with van der Waals surface area (Å²) >= 11 is 0.765. The number of nitrogens with zero attached hydrogens (tertiary/aromatic N) is 2. The number of furan rings is 1. The van der Waals surface area contributed by atoms with Crippen molar-refractivity contribution in [1.82, 2.24) is 14.9 Å².